The van der Waals surface area contributed by atoms with Crippen LogP contribution in [0.25, 0.3) is 0 Å². The van der Waals surface area contributed by atoms with Gasteiger partial charge in [-0.05, 0) is 98.8 Å². The highest BCUT2D eigenvalue weighted by atomic mass is 33.1. The first-order chi connectivity index (χ1) is 42.0. The van der Waals surface area contributed by atoms with Crippen LogP contribution < -0.4 is 37.6 Å². The molecule has 13 atom stereocenters. The number of amides is 10. The second kappa shape index (κ2) is 32.0. The van der Waals surface area contributed by atoms with E-state index in [9.17, 15) is 58.2 Å². The summed E-state index contributed by atoms with van der Waals surface area (Å²) < 4.78 is 0. The Morgan fingerprint density at radius 3 is 1.60 bits per heavy atom. The second-order valence-electron chi connectivity index (χ2n) is 24.4. The lowest BCUT2D eigenvalue weighted by molar-refractivity contribution is -0.148. The minimum absolute atomic E-state index is 0.00575. The van der Waals surface area contributed by atoms with Gasteiger partial charge < -0.3 is 67.4 Å². The Hall–Kier alpha value is -6.93. The van der Waals surface area contributed by atoms with Gasteiger partial charge in [0.15, 0.2) is 0 Å². The number of fused-ring (bicyclic) bond motifs is 4. The first-order valence-corrected chi connectivity index (χ1v) is 33.6. The van der Waals surface area contributed by atoms with E-state index in [4.69, 9.17) is 5.73 Å². The van der Waals surface area contributed by atoms with Gasteiger partial charge in [-0.3, -0.25) is 47.9 Å². The van der Waals surface area contributed by atoms with Crippen molar-refractivity contribution in [3.8, 4) is 5.75 Å². The predicted octanol–water partition coefficient (Wildman–Crippen LogP) is 2.00. The lowest BCUT2D eigenvalue weighted by atomic mass is 9.97. The van der Waals surface area contributed by atoms with Gasteiger partial charge in [0.2, 0.25) is 59.1 Å². The Morgan fingerprint density at radius 1 is 0.568 bits per heavy atom. The molecule has 10 N–H and O–H groups in total. The number of nitrogens with zero attached hydrogens (tertiary/aromatic N) is 4. The number of aliphatic carboxylic acids is 1. The Labute approximate surface area is 522 Å². The Kier molecular flexibility index (Phi) is 24.9. The molecule has 0 aliphatic carbocycles. The van der Waals surface area contributed by atoms with Crippen molar-refractivity contribution in [3.05, 3.63) is 65.7 Å². The fraction of sp³-hybridized carbons (Fsp3) is 0.629. The zero-order chi connectivity index (χ0) is 63.9. The van der Waals surface area contributed by atoms with E-state index < -0.39 is 137 Å². The molecule has 0 saturated carbocycles. The third kappa shape index (κ3) is 17.5. The molecule has 2 aromatic rings. The van der Waals surface area contributed by atoms with Crippen molar-refractivity contribution in [1.82, 2.24) is 51.5 Å². The second-order valence-corrected chi connectivity index (χ2v) is 27.0. The lowest BCUT2D eigenvalue weighted by Crippen LogP contribution is -2.61. The summed E-state index contributed by atoms with van der Waals surface area (Å²) in [5.74, 6) is -8.96. The topological polar surface area (TPSA) is 339 Å². The zero-order valence-electron chi connectivity index (χ0n) is 51.3. The van der Waals surface area contributed by atoms with Crippen molar-refractivity contribution < 1.29 is 63.0 Å². The molecule has 0 unspecified atom stereocenters. The first-order valence-electron chi connectivity index (χ1n) is 31.1. The summed E-state index contributed by atoms with van der Waals surface area (Å²) in [5, 5.41) is 37.5. The molecule has 5 aliphatic rings. The molecule has 5 aliphatic heterocycles. The molecular formula is C62H89N11O13S2. The molecule has 0 radical (unpaired) electrons. The fourth-order valence-corrected chi connectivity index (χ4v) is 14.5. The largest absolute Gasteiger partial charge is 0.508 e. The monoisotopic (exact) mass is 1260 g/mol. The number of phenols is 1. The summed E-state index contributed by atoms with van der Waals surface area (Å²) in [6, 6.07) is 2.08. The number of aromatic hydroxyl groups is 1. The molecule has 0 spiro atoms. The van der Waals surface area contributed by atoms with Gasteiger partial charge in [0, 0.05) is 50.5 Å². The van der Waals surface area contributed by atoms with Crippen LogP contribution in [-0.4, -0.2) is 199 Å². The normalized spacial score (nSPS) is 28.2. The highest BCUT2D eigenvalue weighted by molar-refractivity contribution is 8.76. The molecule has 24 nitrogen and oxygen atoms in total. The zero-order valence-corrected chi connectivity index (χ0v) is 52.9. The Balaban J connectivity index is 1.24. The van der Waals surface area contributed by atoms with Crippen LogP contribution in [0.15, 0.2) is 54.6 Å². The SMILES string of the molecule is CC[C@H](C)[C@H](N)C(=O)N[C@H]1CSSC[C@@H](C(=O)O)NC(=O)[C@H]([C@@H](C)CC)NC(=O)[C@@H]2CCCN2C(=O)[C@H](CC(C)C)NC(=O)[C@H](Cc2ccccc2)NC(=O)[C@@H]2CCCN2C(=O)[C@@H]2CCCN2C(=O)[C@H](Cc2ccc(O)cc2)NC(=O)[C@@H]2CCCN2C1=O. The van der Waals surface area contributed by atoms with E-state index in [-0.39, 0.29) is 100 Å². The van der Waals surface area contributed by atoms with Crippen LogP contribution in [0.4, 0.5) is 0 Å². The van der Waals surface area contributed by atoms with Crippen LogP contribution >= 0.6 is 21.6 Å². The number of carbonyl (C=O) groups is 11. The average molecular weight is 1260 g/mol. The molecule has 2 aromatic carbocycles. The summed E-state index contributed by atoms with van der Waals surface area (Å²) in [5.41, 5.74) is 7.62. The van der Waals surface area contributed by atoms with Gasteiger partial charge in [0.05, 0.1) is 6.04 Å². The molecule has 88 heavy (non-hydrogen) atoms. The van der Waals surface area contributed by atoms with Gasteiger partial charge in [-0.1, -0.05) is 118 Å². The molecule has 10 amide bonds. The predicted molar refractivity (Wildman–Crippen MR) is 331 cm³/mol. The maximum atomic E-state index is 15.1. The van der Waals surface area contributed by atoms with Crippen molar-refractivity contribution >= 4 is 86.6 Å². The van der Waals surface area contributed by atoms with Gasteiger partial charge in [-0.25, -0.2) is 4.79 Å². The van der Waals surface area contributed by atoms with Crippen molar-refractivity contribution in [3.63, 3.8) is 0 Å². The summed E-state index contributed by atoms with van der Waals surface area (Å²) in [6.07, 6.45) is 3.61. The number of benzene rings is 2. The van der Waals surface area contributed by atoms with E-state index in [1.807, 2.05) is 20.8 Å². The summed E-state index contributed by atoms with van der Waals surface area (Å²) in [4.78, 5) is 165. The number of carbonyl (C=O) groups excluding carboxylic acids is 10. The third-order valence-electron chi connectivity index (χ3n) is 17.7. The summed E-state index contributed by atoms with van der Waals surface area (Å²) in [7, 11) is 2.06. The van der Waals surface area contributed by atoms with Gasteiger partial charge in [-0.15, -0.1) is 0 Å². The van der Waals surface area contributed by atoms with E-state index in [0.717, 1.165) is 21.6 Å². The highest BCUT2D eigenvalue weighted by Crippen LogP contribution is 2.30. The maximum Gasteiger partial charge on any atom is 0.327 e. The van der Waals surface area contributed by atoms with Crippen LogP contribution in [0.3, 0.4) is 0 Å². The Bertz CT molecular complexity index is 2830. The minimum Gasteiger partial charge on any atom is -0.508 e. The summed E-state index contributed by atoms with van der Waals surface area (Å²) >= 11 is 0. The van der Waals surface area contributed by atoms with E-state index in [1.54, 1.807) is 63.2 Å². The number of carboxylic acid groups (broad SMARTS) is 1. The van der Waals surface area contributed by atoms with Gasteiger partial charge in [-0.2, -0.15) is 0 Å². The molecule has 26 heteroatoms. The first kappa shape index (κ1) is 68.6. The lowest BCUT2D eigenvalue weighted by Gasteiger charge is -2.34. The average Bonchev–Trinajstić information content (AvgIpc) is 4.54. The van der Waals surface area contributed by atoms with E-state index >= 15 is 4.79 Å². The highest BCUT2D eigenvalue weighted by Gasteiger charge is 2.47. The fourth-order valence-electron chi connectivity index (χ4n) is 12.2. The van der Waals surface area contributed by atoms with Crippen LogP contribution in [-0.2, 0) is 65.6 Å². The standard InChI is InChI=1S/C62H89N11O13S2/c1-7-36(5)50(63)56(79)67-44-33-87-88-34-45(62(85)86)68-57(80)51(37(6)8-2)69-55(78)48-20-13-26-70(48)58(81)42(30-35(3)4)65-52(75)41(31-38-16-10-9-11-17-38)64-53(76)47-19-14-28-72(47)61(84)49-21-15-29-73(49)59(82)43(32-39-22-24-40(74)25-23-39)66-54(77)46-18-12-27-71(46)60(44)83/h9-11,16-17,22-25,35-37,41-51,74H,7-8,12-15,18-21,26-34,63H2,1-6H3,(H,64,76)(H,65,75)(H,66,77)(H,67,79)(H,68,80)(H,69,78)(H,85,86)/t36-,37-,41-,42-,43-,44-,45-,46-,47-,48-,49-,50-,51-/m0/s1. The van der Waals surface area contributed by atoms with Crippen LogP contribution in [0.5, 0.6) is 5.75 Å². The smallest absolute Gasteiger partial charge is 0.327 e. The van der Waals surface area contributed by atoms with E-state index in [0.29, 0.717) is 49.7 Å². The number of hydrogen-bond acceptors (Lipinski definition) is 15. The molecule has 0 bridgehead atoms. The third-order valence-corrected chi connectivity index (χ3v) is 20.1. The number of carboxylic acids is 1. The quantitative estimate of drug-likeness (QED) is 0.130. The molecule has 0 aromatic heterocycles. The number of phenolic OH excluding ortho intramolecular Hbond substituents is 1. The number of nitrogens with two attached hydrogens (primary N) is 1. The van der Waals surface area contributed by atoms with Gasteiger partial charge in [0.1, 0.15) is 66.2 Å². The number of rotatable bonds is 13. The maximum absolute atomic E-state index is 15.1. The van der Waals surface area contributed by atoms with Gasteiger partial charge in [0.25, 0.3) is 0 Å². The minimum atomic E-state index is -1.50. The van der Waals surface area contributed by atoms with Crippen LogP contribution in [0.1, 0.15) is 123 Å². The van der Waals surface area contributed by atoms with E-state index in [2.05, 4.69) is 31.9 Å². The van der Waals surface area contributed by atoms with Crippen molar-refractivity contribution in [2.75, 3.05) is 37.7 Å². The van der Waals surface area contributed by atoms with Crippen molar-refractivity contribution in [2.24, 2.45) is 23.5 Å². The van der Waals surface area contributed by atoms with E-state index in [1.165, 1.54) is 31.7 Å². The molecular weight excluding hydrogens is 1170 g/mol. The van der Waals surface area contributed by atoms with Crippen molar-refractivity contribution in [2.45, 2.75) is 191 Å². The molecule has 5 heterocycles. The molecule has 5 saturated heterocycles. The van der Waals surface area contributed by atoms with Crippen molar-refractivity contribution in [1.29, 1.82) is 0 Å². The van der Waals surface area contributed by atoms with Gasteiger partial charge >= 0.3 is 5.97 Å². The van der Waals surface area contributed by atoms with Crippen LogP contribution in [0.2, 0.25) is 0 Å². The number of hydrogen-bond donors (Lipinski definition) is 9. The number of nitrogens with one attached hydrogen (secondary N) is 6. The molecule has 5 fully saturated rings. The summed E-state index contributed by atoms with van der Waals surface area (Å²) in [6.45, 7) is 11.5. The van der Waals surface area contributed by atoms with Crippen LogP contribution in [0, 0.1) is 17.8 Å². The molecule has 7 rings (SSSR count). The Morgan fingerprint density at radius 2 is 1.05 bits per heavy atom. The molecule has 482 valence electrons.